The second-order valence-corrected chi connectivity index (χ2v) is 7.61. The van der Waals surface area contributed by atoms with Gasteiger partial charge in [-0.25, -0.2) is 9.37 Å². The Hall–Kier alpha value is -4.48. The molecular formula is C25H21F4N5O3. The largest absolute Gasteiger partial charge is 0.480 e. The number of ether oxygens (including phenoxy) is 1. The number of H-pyrrole nitrogens is 1. The number of alkyl halides is 3. The molecule has 192 valence electrons. The van der Waals surface area contributed by atoms with E-state index in [1.807, 2.05) is 5.32 Å². The molecule has 0 saturated heterocycles. The first-order valence-electron chi connectivity index (χ1n) is 14.7. The van der Waals surface area contributed by atoms with Crippen molar-refractivity contribution < 1.29 is 44.2 Å². The molecule has 2 aromatic carbocycles. The molecule has 12 heteroatoms. The molecule has 1 atom stereocenters. The number of nitrogens with one attached hydrogen (secondary N) is 3. The predicted molar refractivity (Wildman–Crippen MR) is 127 cm³/mol. The number of rotatable bonds is 6. The van der Waals surface area contributed by atoms with Crippen molar-refractivity contribution in [2.45, 2.75) is 19.1 Å². The summed E-state index contributed by atoms with van der Waals surface area (Å²) in [6.45, 7) is -6.07. The first-order chi connectivity index (χ1) is 21.0. The van der Waals surface area contributed by atoms with Gasteiger partial charge in [0.05, 0.1) is 28.3 Å². The smallest absolute Gasteiger partial charge is 0.416 e. The summed E-state index contributed by atoms with van der Waals surface area (Å²) in [6, 6.07) is 3.97. The number of nitrogens with zero attached hydrogens (tertiary/aromatic N) is 2. The normalized spacial score (nSPS) is 16.9. The molecule has 37 heavy (non-hydrogen) atoms. The number of methoxy groups -OCH3 is 1. The van der Waals surface area contributed by atoms with Gasteiger partial charge in [-0.3, -0.25) is 14.7 Å². The number of hydrogen-bond acceptors (Lipinski definition) is 5. The molecule has 8 nitrogen and oxygen atoms in total. The molecule has 2 aromatic heterocycles. The highest BCUT2D eigenvalue weighted by molar-refractivity contribution is 6.05. The molecule has 0 radical (unpaired) electrons. The van der Waals surface area contributed by atoms with Crippen molar-refractivity contribution in [3.05, 3.63) is 76.9 Å². The number of pyridine rings is 1. The van der Waals surface area contributed by atoms with Gasteiger partial charge in [0.1, 0.15) is 11.4 Å². The molecule has 0 aliphatic heterocycles. The Labute approximate surface area is 220 Å². The minimum atomic E-state index is -4.97. The van der Waals surface area contributed by atoms with E-state index in [9.17, 15) is 27.2 Å². The monoisotopic (exact) mass is 524 g/mol. The number of halogens is 4. The highest BCUT2D eigenvalue weighted by Gasteiger charge is 2.32. The van der Waals surface area contributed by atoms with Gasteiger partial charge in [0.15, 0.2) is 5.69 Å². The summed E-state index contributed by atoms with van der Waals surface area (Å²) in [7, 11) is -3.15. The minimum absolute atomic E-state index is 0.101. The SMILES string of the molecule is [2H]C([2H])([2H])NC(=O)c1n[nH]c2cc(-c3cnc(OC([2H])([2H])[2H])c(C(=O)N[C@H](c4cc(C(F)(F)F)ccc4F)C([2H])([2H])[2H])c3)ccc12. The Balaban J connectivity index is 1.76. The number of hydrogen-bond donors (Lipinski definition) is 3. The number of amides is 2. The van der Waals surface area contributed by atoms with Gasteiger partial charge in [0, 0.05) is 37.9 Å². The van der Waals surface area contributed by atoms with Crippen LogP contribution in [0.25, 0.3) is 22.0 Å². The van der Waals surface area contributed by atoms with E-state index in [0.29, 0.717) is 12.1 Å². The van der Waals surface area contributed by atoms with Crippen molar-refractivity contribution in [2.24, 2.45) is 0 Å². The maximum Gasteiger partial charge on any atom is 0.416 e. The predicted octanol–water partition coefficient (Wildman–Crippen LogP) is 4.64. The van der Waals surface area contributed by atoms with Crippen LogP contribution in [0.1, 0.15) is 57.2 Å². The summed E-state index contributed by atoms with van der Waals surface area (Å²) >= 11 is 0. The second-order valence-electron chi connectivity index (χ2n) is 7.61. The second kappa shape index (κ2) is 9.88. The molecule has 3 N–H and O–H groups in total. The first-order valence-corrected chi connectivity index (χ1v) is 10.2. The lowest BCUT2D eigenvalue weighted by Gasteiger charge is -2.18. The van der Waals surface area contributed by atoms with E-state index in [4.69, 9.17) is 17.1 Å². The maximum absolute atomic E-state index is 14.7. The molecule has 4 rings (SSSR count). The standard InChI is InChI=1S/C25H21F4N5O3/c1-12(17-10-15(25(27,28)29)5-7-19(17)26)32-22(35)18-8-14(11-31-24(18)37-3)13-4-6-16-20(9-13)33-34-21(16)23(36)30-2/h4-12H,1-3H3,(H,30,36)(H,32,35)(H,33,34)/t12-/m0/s1/i1D3,2D3,3D3. The van der Waals surface area contributed by atoms with Crippen molar-refractivity contribution in [3.63, 3.8) is 0 Å². The molecule has 4 aromatic rings. The fraction of sp³-hybridized carbons (Fsp3) is 0.200. The van der Waals surface area contributed by atoms with Crippen LogP contribution in [0.15, 0.2) is 48.7 Å². The molecule has 0 aliphatic carbocycles. The molecule has 0 unspecified atom stereocenters. The average molecular weight is 525 g/mol. The van der Waals surface area contributed by atoms with Gasteiger partial charge in [-0.05, 0) is 48.8 Å². The van der Waals surface area contributed by atoms with E-state index in [1.165, 1.54) is 18.2 Å². The summed E-state index contributed by atoms with van der Waals surface area (Å²) < 4.78 is 127. The highest BCUT2D eigenvalue weighted by atomic mass is 19.4. The quantitative estimate of drug-likeness (QED) is 0.319. The fourth-order valence-electron chi connectivity index (χ4n) is 3.51. The van der Waals surface area contributed by atoms with Gasteiger partial charge >= 0.3 is 6.18 Å². The lowest BCUT2D eigenvalue weighted by molar-refractivity contribution is -0.137. The van der Waals surface area contributed by atoms with Crippen molar-refractivity contribution in [1.82, 2.24) is 25.8 Å². The number of benzene rings is 2. The summed E-state index contributed by atoms with van der Waals surface area (Å²) in [4.78, 5) is 29.6. The average Bonchev–Trinajstić information content (AvgIpc) is 3.33. The number of aromatic nitrogens is 3. The number of carbonyl (C=O) groups excluding carboxylic acids is 2. The maximum atomic E-state index is 14.7. The summed E-state index contributed by atoms with van der Waals surface area (Å²) in [5, 5.41) is 10.3. The Morgan fingerprint density at radius 1 is 1.11 bits per heavy atom. The number of aromatic amines is 1. The van der Waals surface area contributed by atoms with Crippen molar-refractivity contribution in [2.75, 3.05) is 14.0 Å². The Morgan fingerprint density at radius 2 is 1.95 bits per heavy atom. The lowest BCUT2D eigenvalue weighted by atomic mass is 10.0. The van der Waals surface area contributed by atoms with Crippen molar-refractivity contribution >= 4 is 22.7 Å². The zero-order chi connectivity index (χ0) is 34.4. The number of carbonyl (C=O) groups is 2. The van der Waals surface area contributed by atoms with Crippen LogP contribution in [0.5, 0.6) is 5.88 Å². The fourth-order valence-corrected chi connectivity index (χ4v) is 3.51. The third kappa shape index (κ3) is 5.08. The highest BCUT2D eigenvalue weighted by Crippen LogP contribution is 2.32. The zero-order valence-corrected chi connectivity index (χ0v) is 18.3. The third-order valence-corrected chi connectivity index (χ3v) is 5.33. The Morgan fingerprint density at radius 3 is 2.68 bits per heavy atom. The van der Waals surface area contributed by atoms with E-state index < -0.39 is 73.3 Å². The van der Waals surface area contributed by atoms with Gasteiger partial charge in [-0.1, -0.05) is 6.07 Å². The van der Waals surface area contributed by atoms with Gasteiger partial charge in [-0.2, -0.15) is 18.3 Å². The topological polar surface area (TPSA) is 109 Å². The van der Waals surface area contributed by atoms with Crippen LogP contribution in [0, 0.1) is 5.82 Å². The summed E-state index contributed by atoms with van der Waals surface area (Å²) in [5.74, 6) is -4.54. The minimum Gasteiger partial charge on any atom is -0.480 e. The summed E-state index contributed by atoms with van der Waals surface area (Å²) in [5.41, 5.74) is -2.69. The van der Waals surface area contributed by atoms with Crippen LogP contribution in [-0.2, 0) is 6.18 Å². The third-order valence-electron chi connectivity index (χ3n) is 5.33. The molecule has 0 aliphatic rings. The number of fused-ring (bicyclic) bond motifs is 1. The van der Waals surface area contributed by atoms with Crippen molar-refractivity contribution in [3.8, 4) is 17.0 Å². The van der Waals surface area contributed by atoms with E-state index in [-0.39, 0.29) is 33.8 Å². The van der Waals surface area contributed by atoms with E-state index in [1.54, 1.807) is 5.32 Å². The molecule has 2 amide bonds. The lowest BCUT2D eigenvalue weighted by Crippen LogP contribution is -2.28. The van der Waals surface area contributed by atoms with Crippen LogP contribution in [0.3, 0.4) is 0 Å². The van der Waals surface area contributed by atoms with Gasteiger partial charge < -0.3 is 15.4 Å². The van der Waals surface area contributed by atoms with Crippen LogP contribution in [0.2, 0.25) is 0 Å². The molecule has 0 spiro atoms. The van der Waals surface area contributed by atoms with Gasteiger partial charge in [0.2, 0.25) is 5.88 Å². The van der Waals surface area contributed by atoms with Gasteiger partial charge in [0.25, 0.3) is 11.8 Å². The van der Waals surface area contributed by atoms with E-state index in [2.05, 4.69) is 15.2 Å². The molecule has 2 heterocycles. The van der Waals surface area contributed by atoms with E-state index >= 15 is 0 Å². The zero-order valence-electron chi connectivity index (χ0n) is 27.3. The van der Waals surface area contributed by atoms with Gasteiger partial charge in [-0.15, -0.1) is 0 Å². The van der Waals surface area contributed by atoms with Crippen LogP contribution in [0.4, 0.5) is 17.6 Å². The van der Waals surface area contributed by atoms with Crippen molar-refractivity contribution in [1.29, 1.82) is 0 Å². The molecule has 0 fully saturated rings. The Bertz CT molecular complexity index is 1810. The van der Waals surface area contributed by atoms with Crippen LogP contribution in [-0.4, -0.2) is 41.0 Å². The Kier molecular flexibility index (Phi) is 4.35. The molecule has 0 bridgehead atoms. The van der Waals surface area contributed by atoms with E-state index in [0.717, 1.165) is 12.3 Å². The van der Waals surface area contributed by atoms with Crippen LogP contribution >= 0.6 is 0 Å². The summed E-state index contributed by atoms with van der Waals surface area (Å²) in [6.07, 6.45) is -3.88. The molecule has 0 saturated carbocycles. The van der Waals surface area contributed by atoms with Crippen LogP contribution < -0.4 is 15.4 Å². The molecular weight excluding hydrogens is 494 g/mol. The first kappa shape index (κ1) is 16.3.